The lowest BCUT2D eigenvalue weighted by molar-refractivity contribution is -0.133. The van der Waals surface area contributed by atoms with Crippen molar-refractivity contribution in [1.82, 2.24) is 4.90 Å². The minimum Gasteiger partial charge on any atom is -0.338 e. The Kier molecular flexibility index (Phi) is 8.84. The number of carbonyl (C=O) groups is 1. The van der Waals surface area contributed by atoms with E-state index in [9.17, 15) is 4.79 Å². The molecule has 2 rings (SSSR count). The summed E-state index contributed by atoms with van der Waals surface area (Å²) in [5.74, 6) is 0.0319. The second-order valence-corrected chi connectivity index (χ2v) is 7.75. The van der Waals surface area contributed by atoms with E-state index in [2.05, 4.69) is 28.1 Å². The molecule has 0 radical (unpaired) electrons. The van der Waals surface area contributed by atoms with Gasteiger partial charge in [0, 0.05) is 18.0 Å². The van der Waals surface area contributed by atoms with Crippen LogP contribution in [0, 0.1) is 0 Å². The predicted molar refractivity (Wildman–Crippen MR) is 103 cm³/mol. The van der Waals surface area contributed by atoms with Crippen LogP contribution in [0.2, 0.25) is 0 Å². The fourth-order valence-electron chi connectivity index (χ4n) is 2.31. The zero-order chi connectivity index (χ0) is 15.9. The highest BCUT2D eigenvalue weighted by Gasteiger charge is 2.23. The molecule has 2 aromatic rings. The van der Waals surface area contributed by atoms with Gasteiger partial charge >= 0.3 is 0 Å². The number of halogens is 2. The third-order valence-electron chi connectivity index (χ3n) is 3.55. The summed E-state index contributed by atoms with van der Waals surface area (Å²) < 4.78 is 1.05. The molecule has 0 saturated heterocycles. The molecule has 6 heteroatoms. The molecule has 0 spiro atoms. The lowest BCUT2D eigenvalue weighted by Crippen LogP contribution is -2.35. The van der Waals surface area contributed by atoms with Crippen molar-refractivity contribution in [3.05, 3.63) is 56.7 Å². The number of nitrogens with two attached hydrogens (primary N) is 1. The molecule has 1 aromatic carbocycles. The molecule has 0 fully saturated rings. The SMILES string of the molecule is CC(C(=O)N(CCCN)Cc1ccccc1)c1ccc(Br)s1.Cl. The number of rotatable bonds is 7. The van der Waals surface area contributed by atoms with Crippen LogP contribution in [0.5, 0.6) is 0 Å². The molecule has 1 aromatic heterocycles. The molecule has 126 valence electrons. The Morgan fingerprint density at radius 1 is 1.26 bits per heavy atom. The number of hydrogen-bond acceptors (Lipinski definition) is 3. The summed E-state index contributed by atoms with van der Waals surface area (Å²) >= 11 is 5.08. The summed E-state index contributed by atoms with van der Waals surface area (Å²) in [6.45, 7) is 3.90. The molecule has 0 bridgehead atoms. The Labute approximate surface area is 156 Å². The topological polar surface area (TPSA) is 46.3 Å². The first-order valence-corrected chi connectivity index (χ1v) is 9.00. The fraction of sp³-hybridized carbons (Fsp3) is 0.353. The maximum atomic E-state index is 12.8. The molecule has 1 unspecified atom stereocenters. The van der Waals surface area contributed by atoms with E-state index in [1.165, 1.54) is 0 Å². The highest BCUT2D eigenvalue weighted by atomic mass is 79.9. The van der Waals surface area contributed by atoms with Gasteiger partial charge in [0.2, 0.25) is 5.91 Å². The Bertz CT molecular complexity index is 606. The second kappa shape index (κ2) is 10.1. The molecule has 23 heavy (non-hydrogen) atoms. The van der Waals surface area contributed by atoms with E-state index < -0.39 is 0 Å². The van der Waals surface area contributed by atoms with Crippen molar-refractivity contribution >= 4 is 45.6 Å². The second-order valence-electron chi connectivity index (χ2n) is 5.25. The normalized spacial score (nSPS) is 11.6. The highest BCUT2D eigenvalue weighted by molar-refractivity contribution is 9.11. The van der Waals surface area contributed by atoms with Gasteiger partial charge in [0.15, 0.2) is 0 Å². The third-order valence-corrected chi connectivity index (χ3v) is 5.36. The largest absolute Gasteiger partial charge is 0.338 e. The van der Waals surface area contributed by atoms with Crippen LogP contribution in [0.25, 0.3) is 0 Å². The van der Waals surface area contributed by atoms with Crippen LogP contribution in [-0.4, -0.2) is 23.9 Å². The van der Waals surface area contributed by atoms with Gasteiger partial charge in [0.25, 0.3) is 0 Å². The van der Waals surface area contributed by atoms with E-state index in [1.807, 2.05) is 42.2 Å². The molecule has 0 aliphatic heterocycles. The van der Waals surface area contributed by atoms with Crippen molar-refractivity contribution in [2.24, 2.45) is 5.73 Å². The molecule has 1 heterocycles. The molecule has 0 saturated carbocycles. The third kappa shape index (κ3) is 5.92. The van der Waals surface area contributed by atoms with E-state index >= 15 is 0 Å². The predicted octanol–water partition coefficient (Wildman–Crippen LogP) is 4.41. The van der Waals surface area contributed by atoms with E-state index in [0.717, 1.165) is 20.6 Å². The molecule has 0 aliphatic rings. The summed E-state index contributed by atoms with van der Waals surface area (Å²) in [6.07, 6.45) is 0.819. The van der Waals surface area contributed by atoms with Crippen LogP contribution in [0.15, 0.2) is 46.3 Å². The summed E-state index contributed by atoms with van der Waals surface area (Å²) in [7, 11) is 0. The summed E-state index contributed by atoms with van der Waals surface area (Å²) in [5, 5.41) is 0. The zero-order valence-corrected chi connectivity index (χ0v) is 16.3. The molecule has 2 N–H and O–H groups in total. The van der Waals surface area contributed by atoms with Crippen molar-refractivity contribution in [1.29, 1.82) is 0 Å². The number of nitrogens with zero attached hydrogens (tertiary/aromatic N) is 1. The van der Waals surface area contributed by atoms with Gasteiger partial charge in [-0.05, 0) is 53.5 Å². The first-order valence-electron chi connectivity index (χ1n) is 7.40. The monoisotopic (exact) mass is 416 g/mol. The van der Waals surface area contributed by atoms with Crippen molar-refractivity contribution in [3.8, 4) is 0 Å². The van der Waals surface area contributed by atoms with Gasteiger partial charge < -0.3 is 10.6 Å². The quantitative estimate of drug-likeness (QED) is 0.725. The standard InChI is InChI=1S/C17H21BrN2OS.ClH/c1-13(15-8-9-16(18)22-15)17(21)20(11-5-10-19)12-14-6-3-2-4-7-14;/h2-4,6-9,13H,5,10-12,19H2,1H3;1H. The van der Waals surface area contributed by atoms with E-state index in [-0.39, 0.29) is 24.2 Å². The van der Waals surface area contributed by atoms with Crippen molar-refractivity contribution in [2.45, 2.75) is 25.8 Å². The average molecular weight is 418 g/mol. The Balaban J connectivity index is 0.00000264. The molecular weight excluding hydrogens is 396 g/mol. The van der Waals surface area contributed by atoms with Crippen molar-refractivity contribution in [2.75, 3.05) is 13.1 Å². The Morgan fingerprint density at radius 2 is 1.96 bits per heavy atom. The smallest absolute Gasteiger partial charge is 0.230 e. The van der Waals surface area contributed by atoms with Crippen molar-refractivity contribution in [3.63, 3.8) is 0 Å². The maximum absolute atomic E-state index is 12.8. The van der Waals surface area contributed by atoms with Crippen LogP contribution in [0.3, 0.4) is 0 Å². The molecule has 0 aliphatic carbocycles. The van der Waals surface area contributed by atoms with Gasteiger partial charge in [-0.15, -0.1) is 23.7 Å². The minimum atomic E-state index is -0.127. The van der Waals surface area contributed by atoms with Gasteiger partial charge in [-0.3, -0.25) is 4.79 Å². The summed E-state index contributed by atoms with van der Waals surface area (Å²) in [5.41, 5.74) is 6.76. The van der Waals surface area contributed by atoms with Gasteiger partial charge in [0.1, 0.15) is 0 Å². The number of carbonyl (C=O) groups excluding carboxylic acids is 1. The first-order chi connectivity index (χ1) is 10.6. The number of amides is 1. The Hall–Kier alpha value is -0.880. The maximum Gasteiger partial charge on any atom is 0.230 e. The van der Waals surface area contributed by atoms with Gasteiger partial charge in [-0.25, -0.2) is 0 Å². The van der Waals surface area contributed by atoms with Crippen LogP contribution < -0.4 is 5.73 Å². The summed E-state index contributed by atoms with van der Waals surface area (Å²) in [6, 6.07) is 14.1. The molecule has 1 atom stereocenters. The Morgan fingerprint density at radius 3 is 2.52 bits per heavy atom. The number of thiophene rings is 1. The van der Waals surface area contributed by atoms with Crippen LogP contribution in [0.1, 0.15) is 29.7 Å². The van der Waals surface area contributed by atoms with Gasteiger partial charge in [0.05, 0.1) is 9.70 Å². The van der Waals surface area contributed by atoms with Gasteiger partial charge in [-0.1, -0.05) is 30.3 Å². The lowest BCUT2D eigenvalue weighted by Gasteiger charge is -2.25. The van der Waals surface area contributed by atoms with Crippen molar-refractivity contribution < 1.29 is 4.79 Å². The number of benzene rings is 1. The first kappa shape index (κ1) is 20.2. The average Bonchev–Trinajstić information content (AvgIpc) is 2.97. The van der Waals surface area contributed by atoms with E-state index in [4.69, 9.17) is 5.73 Å². The van der Waals surface area contributed by atoms with E-state index in [0.29, 0.717) is 19.6 Å². The minimum absolute atomic E-state index is 0. The highest BCUT2D eigenvalue weighted by Crippen LogP contribution is 2.29. The summed E-state index contributed by atoms with van der Waals surface area (Å²) in [4.78, 5) is 15.8. The molecule has 3 nitrogen and oxygen atoms in total. The van der Waals surface area contributed by atoms with Crippen LogP contribution >= 0.6 is 39.7 Å². The zero-order valence-electron chi connectivity index (χ0n) is 13.1. The van der Waals surface area contributed by atoms with Gasteiger partial charge in [-0.2, -0.15) is 0 Å². The molecular formula is C17H22BrClN2OS. The molecule has 1 amide bonds. The number of hydrogen-bond donors (Lipinski definition) is 1. The van der Waals surface area contributed by atoms with E-state index in [1.54, 1.807) is 11.3 Å². The lowest BCUT2D eigenvalue weighted by atomic mass is 10.1. The van der Waals surface area contributed by atoms with Crippen LogP contribution in [-0.2, 0) is 11.3 Å². The van der Waals surface area contributed by atoms with Crippen LogP contribution in [0.4, 0.5) is 0 Å². The fourth-order valence-corrected chi connectivity index (χ4v) is 3.78.